The lowest BCUT2D eigenvalue weighted by Crippen LogP contribution is -2.14. The molecular weight excluding hydrogens is 376 g/mol. The summed E-state index contributed by atoms with van der Waals surface area (Å²) in [5, 5.41) is 9.44. The normalized spacial score (nSPS) is 11.7. The van der Waals surface area contributed by atoms with Gasteiger partial charge in [-0.3, -0.25) is 4.79 Å². The highest BCUT2D eigenvalue weighted by molar-refractivity contribution is 5.59. The van der Waals surface area contributed by atoms with Crippen LogP contribution in [0.1, 0.15) is 43.5 Å². The SMILES string of the molecule is CCC[C@H](C)Cc1cc(-c2ccc(=O)n(C)c2)nc(Oc2c(C)cccc2C#N)n1. The molecule has 0 saturated carbocycles. The zero-order chi connectivity index (χ0) is 21.7. The summed E-state index contributed by atoms with van der Waals surface area (Å²) in [5.41, 5.74) is 3.55. The molecule has 0 amide bonds. The number of benzene rings is 1. The third kappa shape index (κ3) is 4.93. The Morgan fingerprint density at radius 2 is 2.03 bits per heavy atom. The molecule has 1 atom stereocenters. The average molecular weight is 402 g/mol. The number of nitrogens with zero attached hydrogens (tertiary/aromatic N) is 4. The van der Waals surface area contributed by atoms with Crippen molar-refractivity contribution < 1.29 is 4.74 Å². The van der Waals surface area contributed by atoms with Crippen molar-refractivity contribution in [2.24, 2.45) is 13.0 Å². The van der Waals surface area contributed by atoms with Gasteiger partial charge in [0.05, 0.1) is 11.3 Å². The number of hydrogen-bond donors (Lipinski definition) is 0. The van der Waals surface area contributed by atoms with Gasteiger partial charge in [-0.2, -0.15) is 15.2 Å². The first kappa shape index (κ1) is 21.3. The molecule has 0 unspecified atom stereocenters. The maximum Gasteiger partial charge on any atom is 0.322 e. The number of ether oxygens (including phenoxy) is 1. The molecule has 0 fully saturated rings. The number of pyridine rings is 1. The molecule has 0 saturated heterocycles. The molecule has 2 heterocycles. The van der Waals surface area contributed by atoms with E-state index in [2.05, 4.69) is 29.9 Å². The van der Waals surface area contributed by atoms with E-state index in [1.54, 1.807) is 25.4 Å². The molecular formula is C24H26N4O2. The summed E-state index contributed by atoms with van der Waals surface area (Å²) in [6.07, 6.45) is 4.76. The highest BCUT2D eigenvalue weighted by atomic mass is 16.5. The monoisotopic (exact) mass is 402 g/mol. The zero-order valence-electron chi connectivity index (χ0n) is 17.8. The number of aryl methyl sites for hydroxylation is 2. The number of nitriles is 1. The van der Waals surface area contributed by atoms with Crippen LogP contribution in [0, 0.1) is 24.2 Å². The molecule has 0 N–H and O–H groups in total. The second-order valence-corrected chi connectivity index (χ2v) is 7.66. The van der Waals surface area contributed by atoms with Crippen LogP contribution in [0.2, 0.25) is 0 Å². The van der Waals surface area contributed by atoms with E-state index < -0.39 is 0 Å². The Morgan fingerprint density at radius 3 is 2.73 bits per heavy atom. The highest BCUT2D eigenvalue weighted by Crippen LogP contribution is 2.29. The Hall–Kier alpha value is -3.46. The van der Waals surface area contributed by atoms with Crippen molar-refractivity contribution in [2.75, 3.05) is 0 Å². The Morgan fingerprint density at radius 1 is 1.23 bits per heavy atom. The standard InChI is InChI=1S/C24H26N4O2/c1-5-7-16(2)12-20-13-21(19-10-11-22(29)28(4)15-19)27-24(26-20)30-23-17(3)8-6-9-18(23)14-25/h6,8-11,13,15-16H,5,7,12H2,1-4H3/t16-/m0/s1. The maximum atomic E-state index is 11.8. The predicted molar refractivity (Wildman–Crippen MR) is 116 cm³/mol. The van der Waals surface area contributed by atoms with Crippen molar-refractivity contribution in [3.05, 3.63) is 69.8 Å². The molecule has 1 aromatic carbocycles. The molecule has 3 rings (SSSR count). The highest BCUT2D eigenvalue weighted by Gasteiger charge is 2.15. The molecule has 0 bridgehead atoms. The van der Waals surface area contributed by atoms with Crippen LogP contribution in [0.3, 0.4) is 0 Å². The molecule has 2 aromatic heterocycles. The van der Waals surface area contributed by atoms with Gasteiger partial charge < -0.3 is 9.30 Å². The summed E-state index contributed by atoms with van der Waals surface area (Å²) < 4.78 is 7.54. The number of hydrogen-bond acceptors (Lipinski definition) is 5. The number of rotatable bonds is 7. The van der Waals surface area contributed by atoms with E-state index >= 15 is 0 Å². The van der Waals surface area contributed by atoms with Crippen LogP contribution in [0.5, 0.6) is 11.8 Å². The van der Waals surface area contributed by atoms with Crippen molar-refractivity contribution in [1.82, 2.24) is 14.5 Å². The lowest BCUT2D eigenvalue weighted by Gasteiger charge is -2.14. The van der Waals surface area contributed by atoms with Crippen LogP contribution in [-0.4, -0.2) is 14.5 Å². The van der Waals surface area contributed by atoms with Crippen molar-refractivity contribution in [2.45, 2.75) is 40.0 Å². The van der Waals surface area contributed by atoms with Crippen molar-refractivity contribution >= 4 is 0 Å². The van der Waals surface area contributed by atoms with Gasteiger partial charge in [-0.15, -0.1) is 0 Å². The van der Waals surface area contributed by atoms with Gasteiger partial charge in [-0.25, -0.2) is 0 Å². The first-order valence-corrected chi connectivity index (χ1v) is 10.1. The third-order valence-electron chi connectivity index (χ3n) is 5.01. The fraction of sp³-hybridized carbons (Fsp3) is 0.333. The van der Waals surface area contributed by atoms with Gasteiger partial charge >= 0.3 is 6.01 Å². The van der Waals surface area contributed by atoms with E-state index in [0.717, 1.165) is 36.1 Å². The molecule has 6 nitrogen and oxygen atoms in total. The summed E-state index contributed by atoms with van der Waals surface area (Å²) in [6.45, 7) is 6.26. The minimum Gasteiger partial charge on any atom is -0.423 e. The van der Waals surface area contributed by atoms with Crippen LogP contribution in [0.15, 0.2) is 47.4 Å². The molecule has 3 aromatic rings. The Balaban J connectivity index is 2.07. The fourth-order valence-electron chi connectivity index (χ4n) is 3.44. The lowest BCUT2D eigenvalue weighted by molar-refractivity contribution is 0.431. The van der Waals surface area contributed by atoms with Gasteiger partial charge in [0.1, 0.15) is 6.07 Å². The van der Waals surface area contributed by atoms with E-state index in [-0.39, 0.29) is 11.6 Å². The predicted octanol–water partition coefficient (Wildman–Crippen LogP) is 4.79. The van der Waals surface area contributed by atoms with Gasteiger partial charge in [0, 0.05) is 30.6 Å². The van der Waals surface area contributed by atoms with Crippen molar-refractivity contribution in [3.8, 4) is 29.1 Å². The van der Waals surface area contributed by atoms with Crippen LogP contribution in [-0.2, 0) is 13.5 Å². The maximum absolute atomic E-state index is 11.8. The van der Waals surface area contributed by atoms with E-state index in [4.69, 9.17) is 4.74 Å². The Bertz CT molecular complexity index is 1140. The van der Waals surface area contributed by atoms with Crippen LogP contribution < -0.4 is 10.3 Å². The molecule has 0 aliphatic rings. The smallest absolute Gasteiger partial charge is 0.322 e. The van der Waals surface area contributed by atoms with Crippen molar-refractivity contribution in [1.29, 1.82) is 5.26 Å². The molecule has 0 radical (unpaired) electrons. The van der Waals surface area contributed by atoms with Crippen LogP contribution in [0.25, 0.3) is 11.3 Å². The Kier molecular flexibility index (Phi) is 6.63. The first-order valence-electron chi connectivity index (χ1n) is 10.1. The lowest BCUT2D eigenvalue weighted by atomic mass is 9.99. The van der Waals surface area contributed by atoms with Gasteiger partial charge in [-0.1, -0.05) is 38.8 Å². The zero-order valence-corrected chi connectivity index (χ0v) is 17.8. The molecule has 30 heavy (non-hydrogen) atoms. The minimum atomic E-state index is -0.0837. The summed E-state index contributed by atoms with van der Waals surface area (Å²) in [4.78, 5) is 21.0. The molecule has 0 spiro atoms. The van der Waals surface area contributed by atoms with Gasteiger partial charge in [0.25, 0.3) is 0 Å². The fourth-order valence-corrected chi connectivity index (χ4v) is 3.44. The third-order valence-corrected chi connectivity index (χ3v) is 5.01. The quantitative estimate of drug-likeness (QED) is 0.567. The second-order valence-electron chi connectivity index (χ2n) is 7.66. The Labute approximate surface area is 176 Å². The number of aromatic nitrogens is 3. The van der Waals surface area contributed by atoms with Gasteiger partial charge in [-0.05, 0) is 43.0 Å². The van der Waals surface area contributed by atoms with E-state index in [0.29, 0.717) is 22.9 Å². The van der Waals surface area contributed by atoms with E-state index in [1.807, 2.05) is 25.1 Å². The second kappa shape index (κ2) is 9.36. The van der Waals surface area contributed by atoms with Gasteiger partial charge in [0.2, 0.25) is 5.56 Å². The molecule has 0 aliphatic carbocycles. The topological polar surface area (TPSA) is 80.8 Å². The largest absolute Gasteiger partial charge is 0.423 e. The molecule has 6 heteroatoms. The number of para-hydroxylation sites is 1. The van der Waals surface area contributed by atoms with E-state index in [1.165, 1.54) is 10.6 Å². The van der Waals surface area contributed by atoms with Crippen LogP contribution in [0.4, 0.5) is 0 Å². The van der Waals surface area contributed by atoms with E-state index in [9.17, 15) is 10.1 Å². The summed E-state index contributed by atoms with van der Waals surface area (Å²) in [6, 6.07) is 13.0. The van der Waals surface area contributed by atoms with Crippen molar-refractivity contribution in [3.63, 3.8) is 0 Å². The minimum absolute atomic E-state index is 0.0837. The van der Waals surface area contributed by atoms with Crippen LogP contribution >= 0.6 is 0 Å². The summed E-state index contributed by atoms with van der Waals surface area (Å²) in [7, 11) is 1.71. The average Bonchev–Trinajstić information content (AvgIpc) is 2.71. The van der Waals surface area contributed by atoms with Gasteiger partial charge in [0.15, 0.2) is 5.75 Å². The summed E-state index contributed by atoms with van der Waals surface area (Å²) in [5.74, 6) is 0.934. The first-order chi connectivity index (χ1) is 14.4. The molecule has 154 valence electrons. The summed E-state index contributed by atoms with van der Waals surface area (Å²) >= 11 is 0. The molecule has 0 aliphatic heterocycles.